The summed E-state index contributed by atoms with van der Waals surface area (Å²) in [4.78, 5) is 20.2. The molecule has 1 aliphatic rings. The lowest BCUT2D eigenvalue weighted by Gasteiger charge is -2.13. The Morgan fingerprint density at radius 2 is 1.88 bits per heavy atom. The molecule has 0 saturated heterocycles. The summed E-state index contributed by atoms with van der Waals surface area (Å²) in [5.41, 5.74) is 1.80. The van der Waals surface area contributed by atoms with Gasteiger partial charge in [0.25, 0.3) is 0 Å². The molecule has 1 N–H and O–H groups in total. The zero-order valence-corrected chi connectivity index (χ0v) is 12.5. The van der Waals surface area contributed by atoms with Crippen molar-refractivity contribution in [3.8, 4) is 16.9 Å². The monoisotopic (exact) mass is 321 g/mol. The van der Waals surface area contributed by atoms with Crippen LogP contribution in [-0.2, 0) is 6.54 Å². The number of carbonyl (C=O) groups is 1. The van der Waals surface area contributed by atoms with Gasteiger partial charge in [-0.3, -0.25) is 9.56 Å². The Kier molecular flexibility index (Phi) is 3.23. The Hall–Kier alpha value is -3.28. The second-order valence-corrected chi connectivity index (χ2v) is 5.37. The van der Waals surface area contributed by atoms with Gasteiger partial charge in [0.2, 0.25) is 0 Å². The predicted octanol–water partition coefficient (Wildman–Crippen LogP) is 3.31. The average molecular weight is 321 g/mol. The number of hydrogen-bond donors (Lipinski definition) is 1. The largest absolute Gasteiger partial charge is 0.476 e. The number of fused-ring (bicyclic) bond motifs is 3. The zero-order chi connectivity index (χ0) is 16.7. The minimum atomic E-state index is -1.20. The predicted molar refractivity (Wildman–Crippen MR) is 87.2 cm³/mol. The third-order valence-electron chi connectivity index (χ3n) is 3.92. The van der Waals surface area contributed by atoms with Gasteiger partial charge in [-0.25, -0.2) is 14.2 Å². The molecule has 5 nitrogen and oxygen atoms in total. The van der Waals surface area contributed by atoms with Crippen molar-refractivity contribution in [2.45, 2.75) is 6.54 Å². The summed E-state index contributed by atoms with van der Waals surface area (Å²) >= 11 is 0. The number of carboxylic acid groups (broad SMARTS) is 1. The highest BCUT2D eigenvalue weighted by atomic mass is 19.1. The Bertz CT molecular complexity index is 992. The lowest BCUT2D eigenvalue weighted by molar-refractivity contribution is 0.0692. The molecule has 118 valence electrons. The fraction of sp³-hybridized carbons (Fsp3) is 0.0556. The SMILES string of the molecule is O=C(O)c1nc2n(c1-c1ccccc1F)-c1ccccc1C=NC2. The van der Waals surface area contributed by atoms with Crippen LogP contribution in [-0.4, -0.2) is 26.8 Å². The van der Waals surface area contributed by atoms with E-state index in [1.54, 1.807) is 29.0 Å². The third-order valence-corrected chi connectivity index (χ3v) is 3.92. The van der Waals surface area contributed by atoms with E-state index in [-0.39, 0.29) is 23.5 Å². The third kappa shape index (κ3) is 2.11. The number of para-hydroxylation sites is 1. The van der Waals surface area contributed by atoms with Gasteiger partial charge in [0.1, 0.15) is 11.6 Å². The number of aliphatic imine (C=N–C) groups is 1. The van der Waals surface area contributed by atoms with Crippen molar-refractivity contribution in [2.75, 3.05) is 0 Å². The Balaban J connectivity index is 2.11. The molecule has 2 aromatic carbocycles. The fourth-order valence-electron chi connectivity index (χ4n) is 2.91. The van der Waals surface area contributed by atoms with Crippen LogP contribution in [0.1, 0.15) is 21.9 Å². The molecule has 0 atom stereocenters. The summed E-state index contributed by atoms with van der Waals surface area (Å²) in [6.45, 7) is 0.226. The van der Waals surface area contributed by atoms with Crippen LogP contribution < -0.4 is 0 Å². The van der Waals surface area contributed by atoms with Crippen LogP contribution in [0, 0.1) is 5.82 Å². The van der Waals surface area contributed by atoms with Gasteiger partial charge in [-0.2, -0.15) is 0 Å². The van der Waals surface area contributed by atoms with E-state index in [0.29, 0.717) is 5.82 Å². The van der Waals surface area contributed by atoms with Gasteiger partial charge in [0.15, 0.2) is 5.69 Å². The summed E-state index contributed by atoms with van der Waals surface area (Å²) in [5.74, 6) is -1.23. The van der Waals surface area contributed by atoms with Gasteiger partial charge in [-0.15, -0.1) is 0 Å². The van der Waals surface area contributed by atoms with E-state index in [4.69, 9.17) is 0 Å². The molecule has 4 rings (SSSR count). The highest BCUT2D eigenvalue weighted by Gasteiger charge is 2.27. The number of nitrogens with zero attached hydrogens (tertiary/aromatic N) is 3. The van der Waals surface area contributed by atoms with Crippen molar-refractivity contribution in [3.63, 3.8) is 0 Å². The van der Waals surface area contributed by atoms with Crippen molar-refractivity contribution in [1.29, 1.82) is 0 Å². The normalized spacial score (nSPS) is 12.4. The molecule has 2 heterocycles. The van der Waals surface area contributed by atoms with Crippen LogP contribution >= 0.6 is 0 Å². The molecule has 0 saturated carbocycles. The molecule has 0 spiro atoms. The quantitative estimate of drug-likeness (QED) is 0.787. The maximum atomic E-state index is 14.4. The first kappa shape index (κ1) is 14.3. The number of benzene rings is 2. The summed E-state index contributed by atoms with van der Waals surface area (Å²) in [7, 11) is 0. The van der Waals surface area contributed by atoms with Crippen molar-refractivity contribution in [2.24, 2.45) is 4.99 Å². The van der Waals surface area contributed by atoms with E-state index in [1.807, 2.05) is 24.3 Å². The molecule has 3 aromatic rings. The van der Waals surface area contributed by atoms with E-state index in [9.17, 15) is 14.3 Å². The molecular formula is C18H12FN3O2. The molecule has 1 aliphatic heterocycles. The zero-order valence-electron chi connectivity index (χ0n) is 12.5. The molecule has 1 aromatic heterocycles. The molecule has 0 bridgehead atoms. The van der Waals surface area contributed by atoms with Gasteiger partial charge in [0.05, 0.1) is 17.9 Å². The van der Waals surface area contributed by atoms with E-state index < -0.39 is 11.8 Å². The van der Waals surface area contributed by atoms with E-state index in [0.717, 1.165) is 11.3 Å². The number of aromatic carboxylic acids is 1. The number of carboxylic acids is 1. The van der Waals surface area contributed by atoms with Crippen molar-refractivity contribution in [1.82, 2.24) is 9.55 Å². The molecule has 0 amide bonds. The summed E-state index contributed by atoms with van der Waals surface area (Å²) in [5, 5.41) is 9.55. The number of rotatable bonds is 2. The number of imidazole rings is 1. The van der Waals surface area contributed by atoms with Crippen molar-refractivity contribution >= 4 is 12.2 Å². The summed E-state index contributed by atoms with van der Waals surface area (Å²) in [6, 6.07) is 13.5. The highest BCUT2D eigenvalue weighted by Crippen LogP contribution is 2.33. The van der Waals surface area contributed by atoms with Crippen molar-refractivity contribution in [3.05, 3.63) is 71.4 Å². The van der Waals surface area contributed by atoms with E-state index in [1.165, 1.54) is 6.07 Å². The minimum Gasteiger partial charge on any atom is -0.476 e. The van der Waals surface area contributed by atoms with Crippen LogP contribution in [0.3, 0.4) is 0 Å². The number of hydrogen-bond acceptors (Lipinski definition) is 3. The minimum absolute atomic E-state index is 0.179. The summed E-state index contributed by atoms with van der Waals surface area (Å²) < 4.78 is 16.1. The van der Waals surface area contributed by atoms with Gasteiger partial charge in [0, 0.05) is 17.3 Å². The second kappa shape index (κ2) is 5.42. The Labute approximate surface area is 136 Å². The number of halogens is 1. The topological polar surface area (TPSA) is 67.5 Å². The molecule has 24 heavy (non-hydrogen) atoms. The fourth-order valence-corrected chi connectivity index (χ4v) is 2.91. The number of aromatic nitrogens is 2. The molecule has 6 heteroatoms. The van der Waals surface area contributed by atoms with E-state index in [2.05, 4.69) is 9.98 Å². The maximum absolute atomic E-state index is 14.4. The first-order valence-electron chi connectivity index (χ1n) is 7.36. The van der Waals surface area contributed by atoms with Crippen LogP contribution in [0.15, 0.2) is 53.5 Å². The molecular weight excluding hydrogens is 309 g/mol. The van der Waals surface area contributed by atoms with Crippen LogP contribution in [0.5, 0.6) is 0 Å². The lowest BCUT2D eigenvalue weighted by Crippen LogP contribution is -2.06. The lowest BCUT2D eigenvalue weighted by atomic mass is 10.1. The van der Waals surface area contributed by atoms with Crippen LogP contribution in [0.4, 0.5) is 4.39 Å². The van der Waals surface area contributed by atoms with Crippen molar-refractivity contribution < 1.29 is 14.3 Å². The second-order valence-electron chi connectivity index (χ2n) is 5.37. The molecule has 0 fully saturated rings. The van der Waals surface area contributed by atoms with Crippen LogP contribution in [0.2, 0.25) is 0 Å². The first-order valence-corrected chi connectivity index (χ1v) is 7.36. The van der Waals surface area contributed by atoms with Crippen LogP contribution in [0.25, 0.3) is 16.9 Å². The average Bonchev–Trinajstić information content (AvgIpc) is 2.86. The maximum Gasteiger partial charge on any atom is 0.356 e. The van der Waals surface area contributed by atoms with Gasteiger partial charge < -0.3 is 5.11 Å². The highest BCUT2D eigenvalue weighted by molar-refractivity contribution is 5.95. The van der Waals surface area contributed by atoms with Gasteiger partial charge in [-0.05, 0) is 18.2 Å². The molecule has 0 radical (unpaired) electrons. The molecule has 0 aliphatic carbocycles. The molecule has 0 unspecified atom stereocenters. The van der Waals surface area contributed by atoms with Gasteiger partial charge in [-0.1, -0.05) is 30.3 Å². The van der Waals surface area contributed by atoms with E-state index >= 15 is 0 Å². The standard InChI is InChI=1S/C18H12FN3O2/c19-13-7-3-2-6-12(13)17-16(18(23)24)21-15-10-20-9-11-5-1-4-8-14(11)22(15)17/h1-9H,10H2,(H,23,24). The first-order chi connectivity index (χ1) is 11.7. The Morgan fingerprint density at radius 3 is 2.67 bits per heavy atom. The smallest absolute Gasteiger partial charge is 0.356 e. The Morgan fingerprint density at radius 1 is 1.12 bits per heavy atom. The van der Waals surface area contributed by atoms with Gasteiger partial charge >= 0.3 is 5.97 Å². The summed E-state index contributed by atoms with van der Waals surface area (Å²) in [6.07, 6.45) is 1.72.